The monoisotopic (exact) mass is 357 g/mol. The number of amides is 1. The Morgan fingerprint density at radius 3 is 2.52 bits per heavy atom. The molecule has 1 saturated carbocycles. The van der Waals surface area contributed by atoms with Crippen LogP contribution in [0.1, 0.15) is 24.8 Å². The molecule has 1 heterocycles. The number of ether oxygens (including phenoxy) is 1. The molecule has 8 heteroatoms. The van der Waals surface area contributed by atoms with Crippen LogP contribution in [0.2, 0.25) is 0 Å². The van der Waals surface area contributed by atoms with E-state index in [0.717, 1.165) is 12.1 Å². The Morgan fingerprint density at radius 2 is 1.96 bits per heavy atom. The number of rotatable bonds is 4. The molecule has 1 aliphatic heterocycles. The lowest BCUT2D eigenvalue weighted by Crippen LogP contribution is -2.42. The Bertz CT molecular complexity index is 681. The lowest BCUT2D eigenvalue weighted by molar-refractivity contribution is -0.140. The van der Waals surface area contributed by atoms with Crippen LogP contribution < -0.4 is 4.74 Å². The summed E-state index contributed by atoms with van der Waals surface area (Å²) >= 11 is 0. The lowest BCUT2D eigenvalue weighted by atomic mass is 9.91. The zero-order valence-corrected chi connectivity index (χ0v) is 13.4. The van der Waals surface area contributed by atoms with Crippen LogP contribution in [0.4, 0.5) is 13.2 Å². The van der Waals surface area contributed by atoms with Gasteiger partial charge in [-0.3, -0.25) is 9.59 Å². The number of carboxylic acids is 1. The second-order valence-electron chi connectivity index (χ2n) is 6.65. The first kappa shape index (κ1) is 17.6. The number of hydrogen-bond donors (Lipinski definition) is 1. The van der Waals surface area contributed by atoms with Crippen LogP contribution in [-0.2, 0) is 15.8 Å². The number of aliphatic carboxylic acids is 1. The van der Waals surface area contributed by atoms with Gasteiger partial charge in [0.25, 0.3) is 5.91 Å². The minimum atomic E-state index is -4.46. The molecule has 1 N–H and O–H groups in total. The molecule has 1 aromatic rings. The normalized spacial score (nSPS) is 21.9. The number of carbonyl (C=O) groups excluding carboxylic acids is 1. The zero-order chi connectivity index (χ0) is 18.2. The average Bonchev–Trinajstić information content (AvgIpc) is 3.27. The maximum absolute atomic E-state index is 12.7. The number of carboxylic acid groups (broad SMARTS) is 1. The van der Waals surface area contributed by atoms with E-state index in [1.807, 2.05) is 0 Å². The van der Waals surface area contributed by atoms with E-state index in [1.54, 1.807) is 4.90 Å². The molecule has 1 unspecified atom stereocenters. The van der Waals surface area contributed by atoms with E-state index < -0.39 is 17.7 Å². The van der Waals surface area contributed by atoms with E-state index in [2.05, 4.69) is 0 Å². The number of piperidine rings is 1. The van der Waals surface area contributed by atoms with Gasteiger partial charge in [0, 0.05) is 13.1 Å². The predicted octanol–water partition coefficient (Wildman–Crippen LogP) is 2.80. The summed E-state index contributed by atoms with van der Waals surface area (Å²) in [6.45, 7) is 0.569. The molecule has 1 aliphatic carbocycles. The van der Waals surface area contributed by atoms with Crippen molar-refractivity contribution < 1.29 is 32.6 Å². The fraction of sp³-hybridized carbons (Fsp3) is 0.529. The molecule has 3 rings (SSSR count). The fourth-order valence-electron chi connectivity index (χ4n) is 3.45. The van der Waals surface area contributed by atoms with Crippen LogP contribution in [0.25, 0.3) is 0 Å². The molecule has 1 atom stereocenters. The fourth-order valence-corrected chi connectivity index (χ4v) is 3.45. The molecule has 2 fully saturated rings. The first-order valence-electron chi connectivity index (χ1n) is 8.02. The standard InChI is InChI=1S/C17H18F3NO4/c18-17(19,20)11-2-1-3-12(8-11)25-10-14(22)21-6-4-16(5-7-21)9-13(16)15(23)24/h1-3,8,13H,4-7,9-10H2,(H,23,24). The second kappa shape index (κ2) is 6.24. The molecule has 0 aromatic heterocycles. The molecule has 0 bridgehead atoms. The maximum Gasteiger partial charge on any atom is 0.416 e. The van der Waals surface area contributed by atoms with Gasteiger partial charge >= 0.3 is 12.1 Å². The highest BCUT2D eigenvalue weighted by Crippen LogP contribution is 2.59. The minimum Gasteiger partial charge on any atom is -0.484 e. The predicted molar refractivity (Wildman–Crippen MR) is 80.9 cm³/mol. The number of alkyl halides is 3. The van der Waals surface area contributed by atoms with Crippen LogP contribution in [0.15, 0.2) is 24.3 Å². The third-order valence-electron chi connectivity index (χ3n) is 5.12. The summed E-state index contributed by atoms with van der Waals surface area (Å²) in [6, 6.07) is 4.40. The first-order valence-corrected chi connectivity index (χ1v) is 8.02. The third kappa shape index (κ3) is 3.72. The summed E-state index contributed by atoms with van der Waals surface area (Å²) in [5.74, 6) is -1.41. The molecular formula is C17H18F3NO4. The van der Waals surface area contributed by atoms with Crippen molar-refractivity contribution in [1.82, 2.24) is 4.90 Å². The first-order chi connectivity index (χ1) is 11.7. The Morgan fingerprint density at radius 1 is 1.28 bits per heavy atom. The molecule has 1 amide bonds. The number of nitrogens with zero attached hydrogens (tertiary/aromatic N) is 1. The number of likely N-dealkylation sites (tertiary alicyclic amines) is 1. The number of carbonyl (C=O) groups is 2. The smallest absolute Gasteiger partial charge is 0.416 e. The van der Waals surface area contributed by atoms with Gasteiger partial charge in [0.1, 0.15) is 5.75 Å². The van der Waals surface area contributed by atoms with Crippen molar-refractivity contribution in [1.29, 1.82) is 0 Å². The summed E-state index contributed by atoms with van der Waals surface area (Å²) in [5, 5.41) is 9.06. The Balaban J connectivity index is 1.50. The molecule has 1 spiro atoms. The topological polar surface area (TPSA) is 66.8 Å². The minimum absolute atomic E-state index is 0.00945. The van der Waals surface area contributed by atoms with Gasteiger partial charge in [0.05, 0.1) is 11.5 Å². The van der Waals surface area contributed by atoms with E-state index in [1.165, 1.54) is 12.1 Å². The van der Waals surface area contributed by atoms with E-state index in [9.17, 15) is 22.8 Å². The highest BCUT2D eigenvalue weighted by atomic mass is 19.4. The van der Waals surface area contributed by atoms with Gasteiger partial charge in [0.15, 0.2) is 6.61 Å². The van der Waals surface area contributed by atoms with Gasteiger partial charge < -0.3 is 14.7 Å². The van der Waals surface area contributed by atoms with Crippen molar-refractivity contribution in [2.75, 3.05) is 19.7 Å². The van der Waals surface area contributed by atoms with Gasteiger partial charge in [0.2, 0.25) is 0 Å². The Hall–Kier alpha value is -2.25. The van der Waals surface area contributed by atoms with Gasteiger partial charge in [-0.15, -0.1) is 0 Å². The summed E-state index contributed by atoms with van der Waals surface area (Å²) in [7, 11) is 0. The maximum atomic E-state index is 12.7. The van der Waals surface area contributed by atoms with Crippen molar-refractivity contribution in [3.8, 4) is 5.75 Å². The number of hydrogen-bond acceptors (Lipinski definition) is 3. The second-order valence-corrected chi connectivity index (χ2v) is 6.65. The van der Waals surface area contributed by atoms with Crippen molar-refractivity contribution in [2.45, 2.75) is 25.4 Å². The number of benzene rings is 1. The molecule has 5 nitrogen and oxygen atoms in total. The van der Waals surface area contributed by atoms with E-state index in [0.29, 0.717) is 32.4 Å². The highest BCUT2D eigenvalue weighted by molar-refractivity contribution is 5.78. The van der Waals surface area contributed by atoms with Crippen molar-refractivity contribution >= 4 is 11.9 Å². The molecule has 1 aromatic carbocycles. The van der Waals surface area contributed by atoms with Crippen molar-refractivity contribution in [3.05, 3.63) is 29.8 Å². The van der Waals surface area contributed by atoms with Crippen LogP contribution >= 0.6 is 0 Å². The van der Waals surface area contributed by atoms with E-state index in [-0.39, 0.29) is 29.6 Å². The van der Waals surface area contributed by atoms with Crippen molar-refractivity contribution in [3.63, 3.8) is 0 Å². The molecular weight excluding hydrogens is 339 g/mol. The van der Waals surface area contributed by atoms with Crippen LogP contribution in [-0.4, -0.2) is 41.6 Å². The van der Waals surface area contributed by atoms with E-state index in [4.69, 9.17) is 9.84 Å². The van der Waals surface area contributed by atoms with Gasteiger partial charge in [-0.2, -0.15) is 13.2 Å². The average molecular weight is 357 g/mol. The Kier molecular flexibility index (Phi) is 4.38. The number of halogens is 3. The molecule has 0 radical (unpaired) electrons. The lowest BCUT2D eigenvalue weighted by Gasteiger charge is -2.32. The van der Waals surface area contributed by atoms with Crippen LogP contribution in [0, 0.1) is 11.3 Å². The molecule has 2 aliphatic rings. The van der Waals surface area contributed by atoms with Crippen LogP contribution in [0.5, 0.6) is 5.75 Å². The zero-order valence-electron chi connectivity index (χ0n) is 13.4. The highest BCUT2D eigenvalue weighted by Gasteiger charge is 2.59. The SMILES string of the molecule is O=C(O)C1CC12CCN(C(=O)COc1cccc(C(F)(F)F)c1)CC2. The van der Waals surface area contributed by atoms with Crippen LogP contribution in [0.3, 0.4) is 0 Å². The molecule has 1 saturated heterocycles. The largest absolute Gasteiger partial charge is 0.484 e. The summed E-state index contributed by atoms with van der Waals surface area (Å²) in [5.41, 5.74) is -1.00. The van der Waals surface area contributed by atoms with E-state index >= 15 is 0 Å². The summed E-state index contributed by atoms with van der Waals surface area (Å²) < 4.78 is 43.2. The van der Waals surface area contributed by atoms with Gasteiger partial charge in [-0.25, -0.2) is 0 Å². The Labute approximate surface area is 142 Å². The molecule has 25 heavy (non-hydrogen) atoms. The van der Waals surface area contributed by atoms with Crippen molar-refractivity contribution in [2.24, 2.45) is 11.3 Å². The third-order valence-corrected chi connectivity index (χ3v) is 5.12. The summed E-state index contributed by atoms with van der Waals surface area (Å²) in [4.78, 5) is 24.8. The molecule has 136 valence electrons. The quantitative estimate of drug-likeness (QED) is 0.900. The van der Waals surface area contributed by atoms with Gasteiger partial charge in [-0.05, 0) is 42.9 Å². The summed E-state index contributed by atoms with van der Waals surface area (Å²) in [6.07, 6.45) is -2.53. The van der Waals surface area contributed by atoms with Gasteiger partial charge in [-0.1, -0.05) is 6.07 Å².